The van der Waals surface area contributed by atoms with Crippen LogP contribution in [-0.2, 0) is 4.74 Å². The molecule has 0 aliphatic rings. The number of hydrogen-bond donors (Lipinski definition) is 1. The Morgan fingerprint density at radius 2 is 2.05 bits per heavy atom. The van der Waals surface area contributed by atoms with Crippen LogP contribution in [0.3, 0.4) is 0 Å². The minimum Gasteiger partial charge on any atom is -0.465 e. The van der Waals surface area contributed by atoms with Crippen molar-refractivity contribution in [2.24, 2.45) is 0 Å². The molecule has 1 aromatic rings. The van der Waals surface area contributed by atoms with Crippen LogP contribution in [0.4, 0.5) is 4.79 Å². The molecule has 0 saturated heterocycles. The first-order valence-corrected chi connectivity index (χ1v) is 6.61. The second-order valence-corrected chi connectivity index (χ2v) is 5.01. The third kappa shape index (κ3) is 4.11. The molecule has 4 nitrogen and oxygen atoms in total. The highest BCUT2D eigenvalue weighted by Gasteiger charge is 2.28. The molecule has 0 fully saturated rings. The molecule has 1 rings (SSSR count). The van der Waals surface area contributed by atoms with Crippen LogP contribution in [0.5, 0.6) is 0 Å². The van der Waals surface area contributed by atoms with Gasteiger partial charge in [0.2, 0.25) is 0 Å². The number of benzene rings is 1. The Hall–Kier alpha value is -1.26. The largest absolute Gasteiger partial charge is 0.465 e. The van der Waals surface area contributed by atoms with Crippen molar-refractivity contribution in [3.8, 4) is 0 Å². The highest BCUT2D eigenvalue weighted by atomic mass is 35.5. The lowest BCUT2D eigenvalue weighted by Crippen LogP contribution is -2.39. The maximum absolute atomic E-state index is 11.5. The number of carboxylic acid groups (broad SMARTS) is 1. The van der Waals surface area contributed by atoms with Gasteiger partial charge >= 0.3 is 6.09 Å². The first-order chi connectivity index (χ1) is 8.99. The van der Waals surface area contributed by atoms with E-state index < -0.39 is 6.09 Å². The van der Waals surface area contributed by atoms with Gasteiger partial charge in [-0.15, -0.1) is 0 Å². The maximum atomic E-state index is 11.5. The van der Waals surface area contributed by atoms with Crippen LogP contribution in [0, 0.1) is 0 Å². The predicted octanol–water partition coefficient (Wildman–Crippen LogP) is 3.81. The zero-order valence-electron chi connectivity index (χ0n) is 11.5. The van der Waals surface area contributed by atoms with Gasteiger partial charge in [0.05, 0.1) is 6.04 Å². The Balaban J connectivity index is 3.13. The van der Waals surface area contributed by atoms with E-state index >= 15 is 0 Å². The molecule has 1 N–H and O–H groups in total. The topological polar surface area (TPSA) is 49.8 Å². The van der Waals surface area contributed by atoms with Crippen LogP contribution in [0.25, 0.3) is 0 Å². The summed E-state index contributed by atoms with van der Waals surface area (Å²) in [6.45, 7) is 4.18. The predicted molar refractivity (Wildman–Crippen MR) is 75.7 cm³/mol. The monoisotopic (exact) mass is 285 g/mol. The average Bonchev–Trinajstić information content (AvgIpc) is 2.34. The smallest absolute Gasteiger partial charge is 0.408 e. The number of hydrogen-bond acceptors (Lipinski definition) is 2. The Morgan fingerprint density at radius 3 is 2.53 bits per heavy atom. The van der Waals surface area contributed by atoms with Gasteiger partial charge in [-0.05, 0) is 31.9 Å². The molecule has 0 aliphatic carbocycles. The van der Waals surface area contributed by atoms with Crippen LogP contribution >= 0.6 is 11.6 Å². The maximum Gasteiger partial charge on any atom is 0.408 e. The van der Waals surface area contributed by atoms with Gasteiger partial charge in [0, 0.05) is 24.8 Å². The van der Waals surface area contributed by atoms with E-state index in [9.17, 15) is 9.90 Å². The summed E-state index contributed by atoms with van der Waals surface area (Å²) >= 11 is 6.19. The fraction of sp³-hybridized carbons (Fsp3) is 0.500. The summed E-state index contributed by atoms with van der Waals surface area (Å²) in [6.07, 6.45) is -0.374. The molecule has 106 valence electrons. The standard InChI is InChI=1S/C14H20ClNO3/c1-10(2)16(14(17)18)13(8-9-19-3)11-6-4-5-7-12(11)15/h4-7,10,13H,8-9H2,1-3H3,(H,17,18)/t13-/m0/s1. The second-order valence-electron chi connectivity index (χ2n) is 4.60. The summed E-state index contributed by atoms with van der Waals surface area (Å²) in [4.78, 5) is 12.9. The number of amides is 1. The second kappa shape index (κ2) is 7.36. The zero-order valence-corrected chi connectivity index (χ0v) is 12.2. The summed E-state index contributed by atoms with van der Waals surface area (Å²) in [6, 6.07) is 6.90. The fourth-order valence-electron chi connectivity index (χ4n) is 2.13. The molecule has 5 heteroatoms. The van der Waals surface area contributed by atoms with E-state index in [-0.39, 0.29) is 12.1 Å². The molecule has 0 spiro atoms. The third-order valence-electron chi connectivity index (χ3n) is 2.97. The Morgan fingerprint density at radius 1 is 1.42 bits per heavy atom. The lowest BCUT2D eigenvalue weighted by molar-refractivity contribution is 0.0890. The summed E-state index contributed by atoms with van der Waals surface area (Å²) in [5.74, 6) is 0. The molecule has 0 radical (unpaired) electrons. The van der Waals surface area contributed by atoms with E-state index in [2.05, 4.69) is 0 Å². The molecule has 0 heterocycles. The van der Waals surface area contributed by atoms with Gasteiger partial charge in [-0.25, -0.2) is 4.79 Å². The highest BCUT2D eigenvalue weighted by molar-refractivity contribution is 6.31. The quantitative estimate of drug-likeness (QED) is 0.865. The van der Waals surface area contributed by atoms with Gasteiger partial charge in [-0.2, -0.15) is 0 Å². The van der Waals surface area contributed by atoms with Crippen LogP contribution < -0.4 is 0 Å². The number of ether oxygens (including phenoxy) is 1. The van der Waals surface area contributed by atoms with Crippen molar-refractivity contribution in [3.63, 3.8) is 0 Å². The van der Waals surface area contributed by atoms with Crippen molar-refractivity contribution in [2.75, 3.05) is 13.7 Å². The number of rotatable bonds is 6. The molecule has 1 aromatic carbocycles. The molecule has 0 aromatic heterocycles. The van der Waals surface area contributed by atoms with Crippen LogP contribution in [-0.4, -0.2) is 35.9 Å². The van der Waals surface area contributed by atoms with Crippen LogP contribution in [0.1, 0.15) is 31.9 Å². The van der Waals surface area contributed by atoms with Gasteiger partial charge in [0.25, 0.3) is 0 Å². The van der Waals surface area contributed by atoms with Crippen LogP contribution in [0.15, 0.2) is 24.3 Å². The average molecular weight is 286 g/mol. The molecule has 1 atom stereocenters. The van der Waals surface area contributed by atoms with Crippen molar-refractivity contribution in [3.05, 3.63) is 34.9 Å². The van der Waals surface area contributed by atoms with E-state index in [4.69, 9.17) is 16.3 Å². The van der Waals surface area contributed by atoms with E-state index in [0.29, 0.717) is 18.1 Å². The number of nitrogens with zero attached hydrogens (tertiary/aromatic N) is 1. The van der Waals surface area contributed by atoms with Crippen molar-refractivity contribution in [1.29, 1.82) is 0 Å². The van der Waals surface area contributed by atoms with E-state index in [1.807, 2.05) is 32.0 Å². The first-order valence-electron chi connectivity index (χ1n) is 6.23. The van der Waals surface area contributed by atoms with E-state index in [1.54, 1.807) is 13.2 Å². The van der Waals surface area contributed by atoms with Crippen molar-refractivity contribution in [2.45, 2.75) is 32.4 Å². The normalized spacial score (nSPS) is 12.5. The van der Waals surface area contributed by atoms with Gasteiger partial charge < -0.3 is 9.84 Å². The molecule has 0 unspecified atom stereocenters. The van der Waals surface area contributed by atoms with E-state index in [0.717, 1.165) is 5.56 Å². The summed E-state index contributed by atoms with van der Waals surface area (Å²) in [5.41, 5.74) is 0.817. The number of carbonyl (C=O) groups is 1. The van der Waals surface area contributed by atoms with Gasteiger partial charge in [-0.3, -0.25) is 4.90 Å². The zero-order chi connectivity index (χ0) is 14.4. The minimum absolute atomic E-state index is 0.129. The molecule has 0 bridgehead atoms. The van der Waals surface area contributed by atoms with Crippen LogP contribution in [0.2, 0.25) is 5.02 Å². The Labute approximate surface area is 118 Å². The third-order valence-corrected chi connectivity index (χ3v) is 3.32. The first kappa shape index (κ1) is 15.8. The molecular formula is C14H20ClNO3. The number of halogens is 1. The molecule has 1 amide bonds. The summed E-state index contributed by atoms with van der Waals surface area (Å²) in [5, 5.41) is 9.99. The lowest BCUT2D eigenvalue weighted by atomic mass is 10.0. The fourth-order valence-corrected chi connectivity index (χ4v) is 2.40. The van der Waals surface area contributed by atoms with Gasteiger partial charge in [0.1, 0.15) is 0 Å². The molecular weight excluding hydrogens is 266 g/mol. The molecule has 0 saturated carbocycles. The van der Waals surface area contributed by atoms with Crippen molar-refractivity contribution in [1.82, 2.24) is 4.90 Å². The Bertz CT molecular complexity index is 423. The summed E-state index contributed by atoms with van der Waals surface area (Å²) in [7, 11) is 1.60. The van der Waals surface area contributed by atoms with Crippen molar-refractivity contribution < 1.29 is 14.6 Å². The Kier molecular flexibility index (Phi) is 6.12. The van der Waals surface area contributed by atoms with Gasteiger partial charge in [0.15, 0.2) is 0 Å². The van der Waals surface area contributed by atoms with E-state index in [1.165, 1.54) is 4.90 Å². The van der Waals surface area contributed by atoms with Crippen molar-refractivity contribution >= 4 is 17.7 Å². The minimum atomic E-state index is -0.948. The number of methoxy groups -OCH3 is 1. The summed E-state index contributed by atoms with van der Waals surface area (Å²) < 4.78 is 5.08. The lowest BCUT2D eigenvalue weighted by Gasteiger charge is -2.33. The highest BCUT2D eigenvalue weighted by Crippen LogP contribution is 2.31. The van der Waals surface area contributed by atoms with Gasteiger partial charge in [-0.1, -0.05) is 29.8 Å². The molecule has 0 aliphatic heterocycles. The SMILES string of the molecule is COCC[C@@H](c1ccccc1Cl)N(C(=O)O)C(C)C. The molecule has 19 heavy (non-hydrogen) atoms.